The summed E-state index contributed by atoms with van der Waals surface area (Å²) in [6.07, 6.45) is 0.807. The fourth-order valence-corrected chi connectivity index (χ4v) is 8.60. The molecule has 8 atom stereocenters. The van der Waals surface area contributed by atoms with Gasteiger partial charge in [-0.3, -0.25) is 14.6 Å². The maximum Gasteiger partial charge on any atom is 0.345 e. The lowest BCUT2D eigenvalue weighted by atomic mass is 9.42. The summed E-state index contributed by atoms with van der Waals surface area (Å²) in [6.45, 7) is 8.21. The smallest absolute Gasteiger partial charge is 0.345 e. The molecule has 47 heavy (non-hydrogen) atoms. The van der Waals surface area contributed by atoms with Crippen LogP contribution in [0.1, 0.15) is 81.5 Å². The Morgan fingerprint density at radius 2 is 1.79 bits per heavy atom. The third kappa shape index (κ3) is 5.02. The average molecular weight is 641 g/mol. The standard InChI is InChI=1S/C36H36N2O9/c1-19(39)35(4)26-16-28(46-32(42)22-10-8-21(17-37)9-11-22)36(5)31(34(26,3)13-12-27(35)44-20(2)40)30(41)29-25(47-36)15-24(45-33(29)43)23-7-6-14-38-18-23/h6-11,14-15,18,26-28,30-31,41H,12-13,16H2,1-5H3/t26?,27-,28-,30?,31?,34-,35-,36+/m0/s1. The minimum Gasteiger partial charge on any atom is -0.482 e. The van der Waals surface area contributed by atoms with Gasteiger partial charge in [0.05, 0.1) is 28.7 Å². The number of nitrogens with zero attached hydrogens (tertiary/aromatic N) is 2. The minimum atomic E-state index is -1.42. The Bertz CT molecular complexity index is 1850. The molecule has 6 rings (SSSR count). The van der Waals surface area contributed by atoms with Gasteiger partial charge in [-0.2, -0.15) is 5.26 Å². The molecular formula is C36H36N2O9. The molecule has 2 aromatic heterocycles. The third-order valence-electron chi connectivity index (χ3n) is 11.0. The second-order valence-electron chi connectivity index (χ2n) is 13.5. The van der Waals surface area contributed by atoms with E-state index in [0.717, 1.165) is 0 Å². The third-order valence-corrected chi connectivity index (χ3v) is 11.0. The minimum absolute atomic E-state index is 0.0641. The summed E-state index contributed by atoms with van der Waals surface area (Å²) in [5, 5.41) is 21.4. The van der Waals surface area contributed by atoms with Gasteiger partial charge in [-0.1, -0.05) is 6.92 Å². The van der Waals surface area contributed by atoms with Crippen molar-refractivity contribution in [1.29, 1.82) is 5.26 Å². The van der Waals surface area contributed by atoms with Crippen LogP contribution >= 0.6 is 0 Å². The van der Waals surface area contributed by atoms with Gasteiger partial charge in [-0.15, -0.1) is 0 Å². The summed E-state index contributed by atoms with van der Waals surface area (Å²) in [4.78, 5) is 57.1. The second kappa shape index (κ2) is 11.5. The van der Waals surface area contributed by atoms with E-state index in [4.69, 9.17) is 18.6 Å². The molecule has 1 aromatic carbocycles. The van der Waals surface area contributed by atoms with Crippen molar-refractivity contribution in [1.82, 2.24) is 4.98 Å². The number of Topliss-reactive ketones (excluding diaryl/α,β-unsaturated/α-hetero) is 1. The number of ether oxygens (including phenoxy) is 3. The topological polar surface area (TPSA) is 166 Å². The molecule has 3 aliphatic rings. The zero-order valence-corrected chi connectivity index (χ0v) is 26.8. The normalized spacial score (nSPS) is 32.3. The summed E-state index contributed by atoms with van der Waals surface area (Å²) < 4.78 is 24.3. The predicted octanol–water partition coefficient (Wildman–Crippen LogP) is 4.95. The summed E-state index contributed by atoms with van der Waals surface area (Å²) in [5.41, 5.74) is -3.20. The van der Waals surface area contributed by atoms with Crippen LogP contribution in [-0.4, -0.2) is 45.6 Å². The molecule has 0 radical (unpaired) electrons. The van der Waals surface area contributed by atoms with Crippen LogP contribution < -0.4 is 10.4 Å². The fraction of sp³-hybridized carbons (Fsp3) is 0.444. The Hall–Kier alpha value is -4.82. The van der Waals surface area contributed by atoms with E-state index in [2.05, 4.69) is 4.98 Å². The lowest BCUT2D eigenvalue weighted by Crippen LogP contribution is -2.71. The second-order valence-corrected chi connectivity index (χ2v) is 13.5. The van der Waals surface area contributed by atoms with Crippen molar-refractivity contribution >= 4 is 17.7 Å². The molecule has 3 heterocycles. The van der Waals surface area contributed by atoms with E-state index in [1.165, 1.54) is 50.4 Å². The fourth-order valence-electron chi connectivity index (χ4n) is 8.60. The van der Waals surface area contributed by atoms with Crippen molar-refractivity contribution in [3.63, 3.8) is 0 Å². The van der Waals surface area contributed by atoms with E-state index in [1.54, 1.807) is 32.2 Å². The highest BCUT2D eigenvalue weighted by atomic mass is 16.6. The van der Waals surface area contributed by atoms with E-state index in [1.807, 2.05) is 13.0 Å². The zero-order valence-electron chi connectivity index (χ0n) is 26.8. The highest BCUT2D eigenvalue weighted by Gasteiger charge is 2.71. The first-order valence-corrected chi connectivity index (χ1v) is 15.6. The number of aromatic nitrogens is 1. The van der Waals surface area contributed by atoms with Gasteiger partial charge in [-0.05, 0) is 87.8 Å². The Labute approximate surface area is 271 Å². The highest BCUT2D eigenvalue weighted by molar-refractivity contribution is 5.89. The number of fused-ring (bicyclic) bond motifs is 4. The number of aliphatic hydroxyl groups excluding tert-OH is 1. The molecule has 0 spiro atoms. The summed E-state index contributed by atoms with van der Waals surface area (Å²) in [7, 11) is 0. The van der Waals surface area contributed by atoms with Crippen LogP contribution in [-0.2, 0) is 19.1 Å². The molecule has 244 valence electrons. The van der Waals surface area contributed by atoms with E-state index >= 15 is 0 Å². The van der Waals surface area contributed by atoms with Crippen molar-refractivity contribution in [3.8, 4) is 23.1 Å². The van der Waals surface area contributed by atoms with Gasteiger partial charge < -0.3 is 23.7 Å². The Morgan fingerprint density at radius 3 is 2.40 bits per heavy atom. The molecule has 0 amide bonds. The SMILES string of the molecule is CC(=O)O[C@H]1CC[C@]2(C)C3C(O)c4c(cc(-c5cccnc5)oc4=O)O[C@]3(C)[C@@H](OC(=O)c3ccc(C#N)cc3)CC2[C@]1(C)C(C)=O. The summed E-state index contributed by atoms with van der Waals surface area (Å²) >= 11 is 0. The molecule has 2 aliphatic carbocycles. The van der Waals surface area contributed by atoms with Crippen LogP contribution in [0.25, 0.3) is 11.3 Å². The number of benzene rings is 1. The summed E-state index contributed by atoms with van der Waals surface area (Å²) in [5.74, 6) is -2.57. The van der Waals surface area contributed by atoms with Gasteiger partial charge in [0.1, 0.15) is 40.7 Å². The molecular weight excluding hydrogens is 604 g/mol. The zero-order chi connectivity index (χ0) is 33.9. The Balaban J connectivity index is 1.51. The first-order chi connectivity index (χ1) is 22.2. The van der Waals surface area contributed by atoms with Crippen molar-refractivity contribution in [2.24, 2.45) is 22.7 Å². The van der Waals surface area contributed by atoms with Gasteiger partial charge in [0.2, 0.25) is 0 Å². The maximum atomic E-state index is 13.7. The van der Waals surface area contributed by atoms with Gasteiger partial charge in [0.15, 0.2) is 0 Å². The van der Waals surface area contributed by atoms with Crippen LogP contribution in [0.4, 0.5) is 0 Å². The molecule has 2 saturated carbocycles. The lowest BCUT2D eigenvalue weighted by molar-refractivity contribution is -0.257. The van der Waals surface area contributed by atoms with Crippen molar-refractivity contribution in [2.75, 3.05) is 0 Å². The van der Waals surface area contributed by atoms with Crippen LogP contribution in [0.3, 0.4) is 0 Å². The number of carbonyl (C=O) groups is 3. The number of pyridine rings is 1. The average Bonchev–Trinajstić information content (AvgIpc) is 3.03. The van der Waals surface area contributed by atoms with E-state index in [0.29, 0.717) is 24.0 Å². The van der Waals surface area contributed by atoms with Gasteiger partial charge in [0.25, 0.3) is 0 Å². The molecule has 0 bridgehead atoms. The molecule has 3 aromatic rings. The van der Waals surface area contributed by atoms with Crippen molar-refractivity contribution < 1.29 is 38.1 Å². The summed E-state index contributed by atoms with van der Waals surface area (Å²) in [6, 6.07) is 13.0. The number of esters is 2. The molecule has 3 unspecified atom stereocenters. The first kappa shape index (κ1) is 32.1. The van der Waals surface area contributed by atoms with Crippen molar-refractivity contribution in [2.45, 2.75) is 77.8 Å². The number of nitriles is 1. The van der Waals surface area contributed by atoms with Crippen LogP contribution in [0, 0.1) is 34.0 Å². The largest absolute Gasteiger partial charge is 0.482 e. The number of rotatable bonds is 5. The van der Waals surface area contributed by atoms with Crippen LogP contribution in [0.5, 0.6) is 5.75 Å². The van der Waals surface area contributed by atoms with E-state index < -0.39 is 64.1 Å². The molecule has 11 heteroatoms. The number of hydrogen-bond acceptors (Lipinski definition) is 11. The number of ketones is 1. The maximum absolute atomic E-state index is 13.7. The Kier molecular flexibility index (Phi) is 7.83. The van der Waals surface area contributed by atoms with E-state index in [-0.39, 0.29) is 34.8 Å². The van der Waals surface area contributed by atoms with Crippen molar-refractivity contribution in [3.05, 3.63) is 82.0 Å². The lowest BCUT2D eigenvalue weighted by Gasteiger charge is -2.66. The molecule has 1 N–H and O–H groups in total. The highest BCUT2D eigenvalue weighted by Crippen LogP contribution is 2.67. The number of aliphatic hydroxyl groups is 1. The quantitative estimate of drug-likeness (QED) is 0.375. The van der Waals surface area contributed by atoms with Gasteiger partial charge in [-0.25, -0.2) is 9.59 Å². The number of carbonyl (C=O) groups excluding carboxylic acids is 3. The van der Waals surface area contributed by atoms with Crippen LogP contribution in [0.2, 0.25) is 0 Å². The molecule has 11 nitrogen and oxygen atoms in total. The van der Waals surface area contributed by atoms with Crippen LogP contribution in [0.15, 0.2) is 64.1 Å². The van der Waals surface area contributed by atoms with Gasteiger partial charge >= 0.3 is 17.6 Å². The molecule has 1 aliphatic heterocycles. The first-order valence-electron chi connectivity index (χ1n) is 15.6. The number of hydrogen-bond donors (Lipinski definition) is 1. The predicted molar refractivity (Wildman–Crippen MR) is 166 cm³/mol. The monoisotopic (exact) mass is 640 g/mol. The molecule has 0 saturated heterocycles. The van der Waals surface area contributed by atoms with Gasteiger partial charge in [0, 0.05) is 36.9 Å². The van der Waals surface area contributed by atoms with E-state index in [9.17, 15) is 29.5 Å². The Morgan fingerprint density at radius 1 is 1.06 bits per heavy atom. The molecule has 2 fully saturated rings.